The van der Waals surface area contributed by atoms with Gasteiger partial charge in [0, 0.05) is 0 Å². The fraction of sp³-hybridized carbons (Fsp3) is 1.00. The standard InChI is InChI=1S/C3H9NO5S/c5-1-3(2-6)4-10(7,8)9/h3-6H,1-2H2,(H,7,8,9). The van der Waals surface area contributed by atoms with E-state index in [0.29, 0.717) is 0 Å². The number of rotatable bonds is 4. The summed E-state index contributed by atoms with van der Waals surface area (Å²) in [6.45, 7) is -1.12. The molecule has 0 radical (unpaired) electrons. The van der Waals surface area contributed by atoms with Crippen molar-refractivity contribution in [2.75, 3.05) is 13.2 Å². The average Bonchev–Trinajstić information content (AvgIpc) is 1.81. The van der Waals surface area contributed by atoms with Crippen molar-refractivity contribution in [2.24, 2.45) is 0 Å². The van der Waals surface area contributed by atoms with Crippen molar-refractivity contribution in [3.63, 3.8) is 0 Å². The van der Waals surface area contributed by atoms with Crippen molar-refractivity contribution in [3.05, 3.63) is 0 Å². The minimum absolute atomic E-state index is 0.559. The quantitative estimate of drug-likeness (QED) is 0.357. The molecule has 0 fully saturated rings. The zero-order chi connectivity index (χ0) is 8.20. The summed E-state index contributed by atoms with van der Waals surface area (Å²) in [5, 5.41) is 16.6. The smallest absolute Gasteiger partial charge is 0.333 e. The lowest BCUT2D eigenvalue weighted by molar-refractivity contribution is 0.182. The van der Waals surface area contributed by atoms with Gasteiger partial charge in [0.05, 0.1) is 19.3 Å². The second kappa shape index (κ2) is 3.84. The Morgan fingerprint density at radius 2 is 1.70 bits per heavy atom. The first-order chi connectivity index (χ1) is 4.49. The molecule has 0 aromatic heterocycles. The third-order valence-electron chi connectivity index (χ3n) is 0.756. The summed E-state index contributed by atoms with van der Waals surface area (Å²) >= 11 is 0. The molecule has 0 amide bonds. The Hall–Kier alpha value is -0.210. The maximum absolute atomic E-state index is 9.98. The number of aliphatic hydroxyl groups is 2. The van der Waals surface area contributed by atoms with Crippen molar-refractivity contribution in [1.29, 1.82) is 0 Å². The van der Waals surface area contributed by atoms with Gasteiger partial charge in [-0.05, 0) is 0 Å². The molecule has 0 aromatic rings. The fourth-order valence-corrected chi connectivity index (χ4v) is 0.913. The van der Waals surface area contributed by atoms with E-state index in [1.807, 2.05) is 0 Å². The largest absolute Gasteiger partial charge is 0.395 e. The van der Waals surface area contributed by atoms with Crippen LogP contribution in [-0.4, -0.2) is 42.4 Å². The molecule has 0 aliphatic rings. The van der Waals surface area contributed by atoms with Crippen molar-refractivity contribution in [3.8, 4) is 0 Å². The van der Waals surface area contributed by atoms with E-state index in [4.69, 9.17) is 14.8 Å². The normalized spacial score (nSPS) is 12.4. The maximum Gasteiger partial charge on any atom is 0.333 e. The molecule has 10 heavy (non-hydrogen) atoms. The number of hydrogen-bond acceptors (Lipinski definition) is 4. The molecule has 0 rings (SSSR count). The van der Waals surface area contributed by atoms with Gasteiger partial charge < -0.3 is 10.2 Å². The van der Waals surface area contributed by atoms with Gasteiger partial charge >= 0.3 is 10.3 Å². The average molecular weight is 171 g/mol. The van der Waals surface area contributed by atoms with Gasteiger partial charge in [-0.25, -0.2) is 0 Å². The van der Waals surface area contributed by atoms with E-state index in [9.17, 15) is 8.42 Å². The van der Waals surface area contributed by atoms with Crippen LogP contribution in [0.5, 0.6) is 0 Å². The van der Waals surface area contributed by atoms with Crippen LogP contribution in [0.2, 0.25) is 0 Å². The Morgan fingerprint density at radius 3 is 1.80 bits per heavy atom. The van der Waals surface area contributed by atoms with E-state index < -0.39 is 29.6 Å². The molecule has 0 heterocycles. The topological polar surface area (TPSA) is 107 Å². The van der Waals surface area contributed by atoms with Gasteiger partial charge in [0.1, 0.15) is 0 Å². The van der Waals surface area contributed by atoms with E-state index >= 15 is 0 Å². The summed E-state index contributed by atoms with van der Waals surface area (Å²) in [6, 6.07) is -1.03. The van der Waals surface area contributed by atoms with Crippen LogP contribution in [0.3, 0.4) is 0 Å². The Labute approximate surface area is 58.4 Å². The summed E-state index contributed by atoms with van der Waals surface area (Å²) in [4.78, 5) is 0. The predicted octanol–water partition coefficient (Wildman–Crippen LogP) is -2.27. The monoisotopic (exact) mass is 171 g/mol. The van der Waals surface area contributed by atoms with Crippen LogP contribution in [0.4, 0.5) is 0 Å². The molecule has 4 N–H and O–H groups in total. The molecule has 0 aliphatic carbocycles. The summed E-state index contributed by atoms with van der Waals surface area (Å²) < 4.78 is 29.6. The first-order valence-electron chi connectivity index (χ1n) is 2.46. The molecule has 0 aliphatic heterocycles. The van der Waals surface area contributed by atoms with Crippen molar-refractivity contribution < 1.29 is 23.2 Å². The van der Waals surface area contributed by atoms with Crippen LogP contribution >= 0.6 is 0 Å². The molecule has 7 heteroatoms. The zero-order valence-corrected chi connectivity index (χ0v) is 5.87. The number of hydrogen-bond donors (Lipinski definition) is 4. The number of aliphatic hydroxyl groups excluding tert-OH is 2. The predicted molar refractivity (Wildman–Crippen MR) is 32.6 cm³/mol. The summed E-state index contributed by atoms with van der Waals surface area (Å²) in [5.74, 6) is 0. The van der Waals surface area contributed by atoms with Crippen LogP contribution in [0.1, 0.15) is 0 Å². The molecular formula is C3H9NO5S. The van der Waals surface area contributed by atoms with Gasteiger partial charge in [-0.1, -0.05) is 0 Å². The Bertz CT molecular complexity index is 171. The highest BCUT2D eigenvalue weighted by Gasteiger charge is 2.11. The third-order valence-corrected chi connectivity index (χ3v) is 1.39. The zero-order valence-electron chi connectivity index (χ0n) is 5.06. The molecule has 0 spiro atoms. The lowest BCUT2D eigenvalue weighted by Gasteiger charge is -2.08. The fourth-order valence-electron chi connectivity index (χ4n) is 0.343. The van der Waals surface area contributed by atoms with E-state index in [2.05, 4.69) is 0 Å². The first kappa shape index (κ1) is 9.79. The highest BCUT2D eigenvalue weighted by Crippen LogP contribution is 1.82. The van der Waals surface area contributed by atoms with Crippen LogP contribution in [0.15, 0.2) is 0 Å². The third kappa shape index (κ3) is 4.65. The van der Waals surface area contributed by atoms with Gasteiger partial charge in [-0.15, -0.1) is 0 Å². The van der Waals surface area contributed by atoms with E-state index in [1.54, 1.807) is 4.72 Å². The Kier molecular flexibility index (Phi) is 3.76. The minimum atomic E-state index is -4.32. The molecular weight excluding hydrogens is 162 g/mol. The van der Waals surface area contributed by atoms with Crippen LogP contribution in [0, 0.1) is 0 Å². The minimum Gasteiger partial charge on any atom is -0.395 e. The lowest BCUT2D eigenvalue weighted by Crippen LogP contribution is -2.39. The van der Waals surface area contributed by atoms with Crippen LogP contribution < -0.4 is 4.72 Å². The Morgan fingerprint density at radius 1 is 1.30 bits per heavy atom. The van der Waals surface area contributed by atoms with Gasteiger partial charge in [-0.3, -0.25) is 4.55 Å². The molecule has 6 nitrogen and oxygen atoms in total. The van der Waals surface area contributed by atoms with Crippen LogP contribution in [0.25, 0.3) is 0 Å². The second-order valence-electron chi connectivity index (χ2n) is 1.65. The molecule has 0 unspecified atom stereocenters. The van der Waals surface area contributed by atoms with E-state index in [1.165, 1.54) is 0 Å². The van der Waals surface area contributed by atoms with Gasteiger partial charge in [0.15, 0.2) is 0 Å². The van der Waals surface area contributed by atoms with E-state index in [0.717, 1.165) is 0 Å². The molecule has 0 saturated heterocycles. The molecule has 0 atom stereocenters. The summed E-state index contributed by atoms with van der Waals surface area (Å²) in [5.41, 5.74) is 0. The SMILES string of the molecule is O=S(=O)(O)NC(CO)CO. The molecule has 0 saturated carbocycles. The van der Waals surface area contributed by atoms with Crippen molar-refractivity contribution >= 4 is 10.3 Å². The molecule has 0 aromatic carbocycles. The second-order valence-corrected chi connectivity index (χ2v) is 2.84. The van der Waals surface area contributed by atoms with Crippen molar-refractivity contribution in [2.45, 2.75) is 6.04 Å². The summed E-state index contributed by atoms with van der Waals surface area (Å²) in [7, 11) is -4.32. The molecule has 62 valence electrons. The highest BCUT2D eigenvalue weighted by atomic mass is 32.2. The van der Waals surface area contributed by atoms with E-state index in [-0.39, 0.29) is 0 Å². The maximum atomic E-state index is 9.98. The van der Waals surface area contributed by atoms with Gasteiger partial charge in [0.2, 0.25) is 0 Å². The summed E-state index contributed by atoms with van der Waals surface area (Å²) in [6.07, 6.45) is 0. The first-order valence-corrected chi connectivity index (χ1v) is 3.90. The van der Waals surface area contributed by atoms with Gasteiger partial charge in [0.25, 0.3) is 0 Å². The van der Waals surface area contributed by atoms with Crippen LogP contribution in [-0.2, 0) is 10.3 Å². The van der Waals surface area contributed by atoms with Crippen molar-refractivity contribution in [1.82, 2.24) is 4.72 Å². The lowest BCUT2D eigenvalue weighted by atomic mass is 10.4. The molecule has 0 bridgehead atoms. The highest BCUT2D eigenvalue weighted by molar-refractivity contribution is 7.83. The Balaban J connectivity index is 3.87. The number of nitrogens with one attached hydrogen (secondary N) is 1. The van der Waals surface area contributed by atoms with Gasteiger partial charge in [-0.2, -0.15) is 13.1 Å².